The van der Waals surface area contributed by atoms with E-state index in [1.54, 1.807) is 18.2 Å². The van der Waals surface area contributed by atoms with E-state index in [1.165, 1.54) is 5.56 Å². The van der Waals surface area contributed by atoms with Crippen molar-refractivity contribution in [3.8, 4) is 6.07 Å². The predicted octanol–water partition coefficient (Wildman–Crippen LogP) is 4.09. The highest BCUT2D eigenvalue weighted by Gasteiger charge is 2.08. The van der Waals surface area contributed by atoms with Gasteiger partial charge < -0.3 is 5.32 Å². The van der Waals surface area contributed by atoms with Crippen LogP contribution in [0.25, 0.3) is 0 Å². The summed E-state index contributed by atoms with van der Waals surface area (Å²) in [7, 11) is 0. The Kier molecular flexibility index (Phi) is 4.97. The van der Waals surface area contributed by atoms with Crippen LogP contribution in [0.3, 0.4) is 0 Å². The summed E-state index contributed by atoms with van der Waals surface area (Å²) in [5, 5.41) is 12.2. The average Bonchev–Trinajstić information content (AvgIpc) is 2.45. The van der Waals surface area contributed by atoms with Gasteiger partial charge in [-0.05, 0) is 37.1 Å². The van der Waals surface area contributed by atoms with E-state index in [4.69, 9.17) is 16.9 Å². The fraction of sp³-hybridized carbons (Fsp3) is 0.176. The Morgan fingerprint density at radius 1 is 1.29 bits per heavy atom. The lowest BCUT2D eigenvalue weighted by Crippen LogP contribution is -2.13. The summed E-state index contributed by atoms with van der Waals surface area (Å²) >= 11 is 5.89. The number of nitriles is 1. The van der Waals surface area contributed by atoms with Gasteiger partial charge in [-0.1, -0.05) is 41.4 Å². The second-order valence-corrected chi connectivity index (χ2v) is 5.28. The third-order valence-corrected chi connectivity index (χ3v) is 3.33. The molecule has 2 rings (SSSR count). The highest BCUT2D eigenvalue weighted by Crippen LogP contribution is 2.20. The van der Waals surface area contributed by atoms with Gasteiger partial charge in [0.15, 0.2) is 0 Å². The Bertz CT molecular complexity index is 704. The SMILES string of the molecule is Cc1cccc(CCC(=O)Nc2cc(Cl)ccc2C#N)c1. The van der Waals surface area contributed by atoms with E-state index in [9.17, 15) is 4.79 Å². The Labute approximate surface area is 129 Å². The van der Waals surface area contributed by atoms with Crippen molar-refractivity contribution in [3.05, 3.63) is 64.2 Å². The van der Waals surface area contributed by atoms with E-state index in [2.05, 4.69) is 11.4 Å². The third kappa shape index (κ3) is 4.34. The van der Waals surface area contributed by atoms with Gasteiger partial charge in [-0.2, -0.15) is 5.26 Å². The summed E-state index contributed by atoms with van der Waals surface area (Å²) in [6, 6.07) is 14.9. The van der Waals surface area contributed by atoms with Gasteiger partial charge in [-0.25, -0.2) is 0 Å². The minimum Gasteiger partial charge on any atom is -0.325 e. The molecule has 0 aliphatic heterocycles. The number of benzene rings is 2. The van der Waals surface area contributed by atoms with E-state index in [0.717, 1.165) is 5.56 Å². The number of carbonyl (C=O) groups is 1. The Hall–Kier alpha value is -2.31. The van der Waals surface area contributed by atoms with Crippen LogP contribution in [-0.2, 0) is 11.2 Å². The number of anilines is 1. The Morgan fingerprint density at radius 2 is 2.10 bits per heavy atom. The van der Waals surface area contributed by atoms with Crippen molar-refractivity contribution >= 4 is 23.2 Å². The number of nitrogens with zero attached hydrogens (tertiary/aromatic N) is 1. The molecule has 1 N–H and O–H groups in total. The molecule has 2 aromatic carbocycles. The van der Waals surface area contributed by atoms with Crippen LogP contribution in [0.15, 0.2) is 42.5 Å². The molecule has 0 atom stereocenters. The van der Waals surface area contributed by atoms with E-state index < -0.39 is 0 Å². The molecule has 106 valence electrons. The van der Waals surface area contributed by atoms with Crippen LogP contribution in [0.2, 0.25) is 5.02 Å². The lowest BCUT2D eigenvalue weighted by atomic mass is 10.1. The molecule has 0 bridgehead atoms. The van der Waals surface area contributed by atoms with Gasteiger partial charge >= 0.3 is 0 Å². The molecule has 2 aromatic rings. The molecule has 0 radical (unpaired) electrons. The smallest absolute Gasteiger partial charge is 0.224 e. The molecule has 0 fully saturated rings. The number of amides is 1. The molecule has 3 nitrogen and oxygen atoms in total. The summed E-state index contributed by atoms with van der Waals surface area (Å²) in [5.41, 5.74) is 3.16. The van der Waals surface area contributed by atoms with Crippen LogP contribution in [0.1, 0.15) is 23.1 Å². The minimum atomic E-state index is -0.129. The first-order valence-corrected chi connectivity index (χ1v) is 7.01. The number of rotatable bonds is 4. The summed E-state index contributed by atoms with van der Waals surface area (Å²) in [4.78, 5) is 12.0. The van der Waals surface area contributed by atoms with Crippen molar-refractivity contribution in [1.82, 2.24) is 0 Å². The first-order valence-electron chi connectivity index (χ1n) is 6.63. The zero-order chi connectivity index (χ0) is 15.2. The van der Waals surface area contributed by atoms with E-state index in [0.29, 0.717) is 29.1 Å². The Balaban J connectivity index is 1.99. The normalized spacial score (nSPS) is 9.95. The molecule has 0 saturated heterocycles. The van der Waals surface area contributed by atoms with Crippen LogP contribution in [-0.4, -0.2) is 5.91 Å². The van der Waals surface area contributed by atoms with Gasteiger partial charge in [0.2, 0.25) is 5.91 Å². The highest BCUT2D eigenvalue weighted by molar-refractivity contribution is 6.31. The molecule has 1 amide bonds. The van der Waals surface area contributed by atoms with Crippen molar-refractivity contribution < 1.29 is 4.79 Å². The van der Waals surface area contributed by atoms with Crippen LogP contribution < -0.4 is 5.32 Å². The molecule has 0 saturated carbocycles. The molecule has 0 spiro atoms. The summed E-state index contributed by atoms with van der Waals surface area (Å²) < 4.78 is 0. The van der Waals surface area contributed by atoms with Gasteiger partial charge in [-0.15, -0.1) is 0 Å². The van der Waals surface area contributed by atoms with Crippen LogP contribution >= 0.6 is 11.6 Å². The quantitative estimate of drug-likeness (QED) is 0.924. The first-order chi connectivity index (χ1) is 10.1. The Morgan fingerprint density at radius 3 is 2.81 bits per heavy atom. The number of hydrogen-bond donors (Lipinski definition) is 1. The van der Waals surface area contributed by atoms with Crippen LogP contribution in [0.4, 0.5) is 5.69 Å². The number of aryl methyl sites for hydroxylation is 2. The van der Waals surface area contributed by atoms with Crippen molar-refractivity contribution in [1.29, 1.82) is 5.26 Å². The van der Waals surface area contributed by atoms with Gasteiger partial charge in [0.05, 0.1) is 11.3 Å². The lowest BCUT2D eigenvalue weighted by molar-refractivity contribution is -0.116. The largest absolute Gasteiger partial charge is 0.325 e. The summed E-state index contributed by atoms with van der Waals surface area (Å²) in [6.45, 7) is 2.02. The molecule has 21 heavy (non-hydrogen) atoms. The molecule has 0 heterocycles. The maximum Gasteiger partial charge on any atom is 0.224 e. The molecule has 0 aliphatic rings. The fourth-order valence-electron chi connectivity index (χ4n) is 2.06. The van der Waals surface area contributed by atoms with Gasteiger partial charge in [0, 0.05) is 11.4 Å². The molecule has 0 aromatic heterocycles. The monoisotopic (exact) mass is 298 g/mol. The third-order valence-electron chi connectivity index (χ3n) is 3.10. The minimum absolute atomic E-state index is 0.129. The topological polar surface area (TPSA) is 52.9 Å². The van der Waals surface area contributed by atoms with E-state index >= 15 is 0 Å². The number of carbonyl (C=O) groups excluding carboxylic acids is 1. The van der Waals surface area contributed by atoms with E-state index in [-0.39, 0.29) is 5.91 Å². The molecule has 4 heteroatoms. The highest BCUT2D eigenvalue weighted by atomic mass is 35.5. The predicted molar refractivity (Wildman–Crippen MR) is 84.3 cm³/mol. The van der Waals surface area contributed by atoms with E-state index in [1.807, 2.05) is 31.2 Å². The standard InChI is InChI=1S/C17H15ClN2O/c1-12-3-2-4-13(9-12)5-8-17(21)20-16-10-15(18)7-6-14(16)11-19/h2-4,6-7,9-10H,5,8H2,1H3,(H,20,21). The first kappa shape index (κ1) is 15.1. The van der Waals surface area contributed by atoms with Crippen molar-refractivity contribution in [3.63, 3.8) is 0 Å². The molecular weight excluding hydrogens is 284 g/mol. The second-order valence-electron chi connectivity index (χ2n) is 4.84. The second kappa shape index (κ2) is 6.92. The average molecular weight is 299 g/mol. The zero-order valence-electron chi connectivity index (χ0n) is 11.7. The van der Waals surface area contributed by atoms with Gasteiger partial charge in [0.25, 0.3) is 0 Å². The summed E-state index contributed by atoms with van der Waals surface area (Å²) in [5.74, 6) is -0.129. The maximum absolute atomic E-state index is 12.0. The number of hydrogen-bond acceptors (Lipinski definition) is 2. The van der Waals surface area contributed by atoms with Crippen molar-refractivity contribution in [2.75, 3.05) is 5.32 Å². The van der Waals surface area contributed by atoms with Gasteiger partial charge in [0.1, 0.15) is 6.07 Å². The fourth-order valence-corrected chi connectivity index (χ4v) is 2.23. The molecule has 0 unspecified atom stereocenters. The number of nitrogens with one attached hydrogen (secondary N) is 1. The van der Waals surface area contributed by atoms with Crippen molar-refractivity contribution in [2.24, 2.45) is 0 Å². The van der Waals surface area contributed by atoms with Gasteiger partial charge in [-0.3, -0.25) is 4.79 Å². The lowest BCUT2D eigenvalue weighted by Gasteiger charge is -2.08. The zero-order valence-corrected chi connectivity index (χ0v) is 12.4. The number of halogens is 1. The summed E-state index contributed by atoms with van der Waals surface area (Å²) in [6.07, 6.45) is 1.02. The molecule has 0 aliphatic carbocycles. The molecular formula is C17H15ClN2O. The van der Waals surface area contributed by atoms with Crippen LogP contribution in [0.5, 0.6) is 0 Å². The van der Waals surface area contributed by atoms with Crippen molar-refractivity contribution in [2.45, 2.75) is 19.8 Å². The van der Waals surface area contributed by atoms with Crippen LogP contribution in [0, 0.1) is 18.3 Å². The maximum atomic E-state index is 12.0.